The van der Waals surface area contributed by atoms with E-state index >= 15 is 0 Å². The van der Waals surface area contributed by atoms with Crippen LogP contribution in [0.3, 0.4) is 0 Å². The van der Waals surface area contributed by atoms with E-state index in [2.05, 4.69) is 27.9 Å². The van der Waals surface area contributed by atoms with Gasteiger partial charge in [-0.1, -0.05) is 30.3 Å². The Bertz CT molecular complexity index is 728. The fraction of sp³-hybridized carbons (Fsp3) is 0.389. The number of rotatable bonds is 4. The highest BCUT2D eigenvalue weighted by Crippen LogP contribution is 2.13. The van der Waals surface area contributed by atoms with Crippen molar-refractivity contribution in [1.82, 2.24) is 25.3 Å². The van der Waals surface area contributed by atoms with Gasteiger partial charge < -0.3 is 15.5 Å². The number of nitrogens with zero attached hydrogens (tertiary/aromatic N) is 3. The second-order valence-corrected chi connectivity index (χ2v) is 6.22. The minimum Gasteiger partial charge on any atom is -0.354 e. The van der Waals surface area contributed by atoms with E-state index in [4.69, 9.17) is 0 Å². The number of amides is 3. The minimum atomic E-state index is -0.153. The van der Waals surface area contributed by atoms with Crippen molar-refractivity contribution in [2.24, 2.45) is 0 Å². The Morgan fingerprint density at radius 3 is 2.92 bits per heavy atom. The Labute approximate surface area is 147 Å². The lowest BCUT2D eigenvalue weighted by Gasteiger charge is -2.22. The van der Waals surface area contributed by atoms with Gasteiger partial charge in [-0.25, -0.2) is 4.79 Å². The predicted molar refractivity (Wildman–Crippen MR) is 93.9 cm³/mol. The average Bonchev–Trinajstić information content (AvgIpc) is 2.96. The van der Waals surface area contributed by atoms with E-state index in [1.807, 2.05) is 36.0 Å². The van der Waals surface area contributed by atoms with Crippen LogP contribution < -0.4 is 10.6 Å². The quantitative estimate of drug-likeness (QED) is 0.885. The summed E-state index contributed by atoms with van der Waals surface area (Å²) < 4.78 is 1.86. The molecule has 2 N–H and O–H groups in total. The summed E-state index contributed by atoms with van der Waals surface area (Å²) in [6, 6.07) is 9.81. The molecule has 2 heterocycles. The van der Waals surface area contributed by atoms with Gasteiger partial charge >= 0.3 is 6.03 Å². The molecule has 0 spiro atoms. The molecule has 1 aliphatic rings. The molecule has 1 aromatic heterocycles. The molecule has 132 valence electrons. The van der Waals surface area contributed by atoms with Crippen molar-refractivity contribution in [2.45, 2.75) is 25.9 Å². The van der Waals surface area contributed by atoms with Crippen LogP contribution in [0.25, 0.3) is 0 Å². The second-order valence-electron chi connectivity index (χ2n) is 6.22. The van der Waals surface area contributed by atoms with Crippen LogP contribution in [0.1, 0.15) is 30.5 Å². The van der Waals surface area contributed by atoms with Crippen molar-refractivity contribution in [1.29, 1.82) is 0 Å². The highest BCUT2D eigenvalue weighted by molar-refractivity contribution is 5.79. The summed E-state index contributed by atoms with van der Waals surface area (Å²) >= 11 is 0. The number of carbonyl (C=O) groups excluding carboxylic acids is 2. The molecule has 0 unspecified atom stereocenters. The third kappa shape index (κ3) is 4.59. The number of hydrogen-bond donors (Lipinski definition) is 2. The molecule has 0 saturated carbocycles. The number of nitrogens with one attached hydrogen (secondary N) is 2. The summed E-state index contributed by atoms with van der Waals surface area (Å²) in [5.41, 5.74) is 2.13. The van der Waals surface area contributed by atoms with Crippen molar-refractivity contribution in [2.75, 3.05) is 19.6 Å². The van der Waals surface area contributed by atoms with E-state index in [1.165, 1.54) is 5.56 Å². The highest BCUT2D eigenvalue weighted by atomic mass is 16.2. The van der Waals surface area contributed by atoms with Gasteiger partial charge in [-0.15, -0.1) is 0 Å². The lowest BCUT2D eigenvalue weighted by atomic mass is 10.2. The second kappa shape index (κ2) is 7.83. The molecular formula is C18H23N5O2. The monoisotopic (exact) mass is 341 g/mol. The maximum atomic E-state index is 12.4. The molecule has 0 bridgehead atoms. The van der Waals surface area contributed by atoms with E-state index in [9.17, 15) is 9.59 Å². The van der Waals surface area contributed by atoms with Gasteiger partial charge in [0, 0.05) is 37.8 Å². The Kier molecular flexibility index (Phi) is 5.33. The molecule has 1 atom stereocenters. The molecule has 1 fully saturated rings. The largest absolute Gasteiger partial charge is 0.354 e. The van der Waals surface area contributed by atoms with E-state index < -0.39 is 0 Å². The summed E-state index contributed by atoms with van der Waals surface area (Å²) in [6.45, 7) is 4.09. The Balaban J connectivity index is 1.57. The molecule has 3 amide bonds. The zero-order chi connectivity index (χ0) is 17.6. The van der Waals surface area contributed by atoms with Crippen LogP contribution in [-0.2, 0) is 11.3 Å². The fourth-order valence-corrected chi connectivity index (χ4v) is 2.79. The first-order valence-electron chi connectivity index (χ1n) is 8.50. The van der Waals surface area contributed by atoms with Crippen LogP contribution in [0.4, 0.5) is 4.79 Å². The Morgan fingerprint density at radius 1 is 1.32 bits per heavy atom. The van der Waals surface area contributed by atoms with Crippen LogP contribution >= 0.6 is 0 Å². The number of hydrogen-bond acceptors (Lipinski definition) is 3. The average molecular weight is 341 g/mol. The van der Waals surface area contributed by atoms with Gasteiger partial charge in [0.15, 0.2) is 0 Å². The first-order chi connectivity index (χ1) is 12.1. The number of benzene rings is 1. The van der Waals surface area contributed by atoms with Crippen LogP contribution in [0.15, 0.2) is 42.7 Å². The normalized spacial score (nSPS) is 16.0. The van der Waals surface area contributed by atoms with Crippen LogP contribution in [0, 0.1) is 0 Å². The summed E-state index contributed by atoms with van der Waals surface area (Å²) in [5, 5.41) is 10.1. The smallest absolute Gasteiger partial charge is 0.317 e. The lowest BCUT2D eigenvalue weighted by Crippen LogP contribution is -2.42. The predicted octanol–water partition coefficient (Wildman–Crippen LogP) is 1.52. The molecular weight excluding hydrogens is 318 g/mol. The molecule has 0 aliphatic carbocycles. The number of carbonyl (C=O) groups is 2. The molecule has 1 saturated heterocycles. The van der Waals surface area contributed by atoms with Crippen molar-refractivity contribution in [3.8, 4) is 0 Å². The number of aromatic nitrogens is 2. The minimum absolute atomic E-state index is 0.00876. The molecule has 7 nitrogen and oxygen atoms in total. The van der Waals surface area contributed by atoms with Crippen molar-refractivity contribution < 1.29 is 9.59 Å². The van der Waals surface area contributed by atoms with E-state index in [0.717, 1.165) is 5.56 Å². The van der Waals surface area contributed by atoms with Crippen LogP contribution in [0.2, 0.25) is 0 Å². The molecule has 7 heteroatoms. The standard InChI is InChI=1S/C18H23N5O2/c1-14(21-18(25)22-9-7-17(24)19-8-10-22)16-11-20-23(13-16)12-15-5-3-2-4-6-15/h2-6,11,13-14H,7-10,12H2,1H3,(H,19,24)(H,21,25)/t14-/m0/s1. The van der Waals surface area contributed by atoms with Crippen molar-refractivity contribution in [3.05, 3.63) is 53.9 Å². The lowest BCUT2D eigenvalue weighted by molar-refractivity contribution is -0.120. The summed E-state index contributed by atoms with van der Waals surface area (Å²) in [7, 11) is 0. The first kappa shape index (κ1) is 17.0. The topological polar surface area (TPSA) is 79.3 Å². The van der Waals surface area contributed by atoms with Gasteiger partial charge in [0.1, 0.15) is 0 Å². The Morgan fingerprint density at radius 2 is 2.12 bits per heavy atom. The van der Waals surface area contributed by atoms with Gasteiger partial charge in [-0.3, -0.25) is 9.48 Å². The van der Waals surface area contributed by atoms with E-state index in [-0.39, 0.29) is 18.0 Å². The van der Waals surface area contributed by atoms with E-state index in [1.54, 1.807) is 11.1 Å². The highest BCUT2D eigenvalue weighted by Gasteiger charge is 2.20. The fourth-order valence-electron chi connectivity index (χ4n) is 2.79. The van der Waals surface area contributed by atoms with Gasteiger partial charge in [-0.2, -0.15) is 5.10 Å². The van der Waals surface area contributed by atoms with Gasteiger partial charge in [0.25, 0.3) is 0 Å². The van der Waals surface area contributed by atoms with Crippen LogP contribution in [0.5, 0.6) is 0 Å². The van der Waals surface area contributed by atoms with Gasteiger partial charge in [-0.05, 0) is 12.5 Å². The van der Waals surface area contributed by atoms with E-state index in [0.29, 0.717) is 32.6 Å². The summed E-state index contributed by atoms with van der Waals surface area (Å²) in [6.07, 6.45) is 4.07. The molecule has 2 aromatic rings. The number of urea groups is 1. The summed E-state index contributed by atoms with van der Waals surface area (Å²) in [5.74, 6) is -0.00876. The maximum absolute atomic E-state index is 12.4. The molecule has 25 heavy (non-hydrogen) atoms. The third-order valence-corrected chi connectivity index (χ3v) is 4.28. The van der Waals surface area contributed by atoms with Gasteiger partial charge in [0.2, 0.25) is 5.91 Å². The molecule has 1 aromatic carbocycles. The maximum Gasteiger partial charge on any atom is 0.317 e. The van der Waals surface area contributed by atoms with Gasteiger partial charge in [0.05, 0.1) is 18.8 Å². The summed E-state index contributed by atoms with van der Waals surface area (Å²) in [4.78, 5) is 25.4. The SMILES string of the molecule is C[C@H](NC(=O)N1CCNC(=O)CC1)c1cnn(Cc2ccccc2)c1. The molecule has 3 rings (SSSR count). The molecule has 0 radical (unpaired) electrons. The first-order valence-corrected chi connectivity index (χ1v) is 8.50. The van der Waals surface area contributed by atoms with Crippen molar-refractivity contribution in [3.63, 3.8) is 0 Å². The molecule has 1 aliphatic heterocycles. The third-order valence-electron chi connectivity index (χ3n) is 4.28. The zero-order valence-corrected chi connectivity index (χ0v) is 14.3. The van der Waals surface area contributed by atoms with Crippen molar-refractivity contribution >= 4 is 11.9 Å². The van der Waals surface area contributed by atoms with Crippen LogP contribution in [-0.4, -0.2) is 46.3 Å². The zero-order valence-electron chi connectivity index (χ0n) is 14.3. The Hall–Kier alpha value is -2.83.